The zero-order valence-corrected chi connectivity index (χ0v) is 26.0. The van der Waals surface area contributed by atoms with Crippen LogP contribution in [0.3, 0.4) is 0 Å². The van der Waals surface area contributed by atoms with E-state index < -0.39 is 17.7 Å². The first-order valence-corrected chi connectivity index (χ1v) is 15.3. The second-order valence-corrected chi connectivity index (χ2v) is 10.8. The molecule has 3 unspecified atom stereocenters. The number of benzene rings is 2. The van der Waals surface area contributed by atoms with Gasteiger partial charge < -0.3 is 30.7 Å². The molecule has 294 valence electrons. The summed E-state index contributed by atoms with van der Waals surface area (Å²) in [6, 6.07) is 17.1. The summed E-state index contributed by atoms with van der Waals surface area (Å²) in [5.41, 5.74) is 4.04. The van der Waals surface area contributed by atoms with Crippen molar-refractivity contribution < 1.29 is 39.2 Å². The lowest BCUT2D eigenvalue weighted by atomic mass is 9.85. The Bertz CT molecular complexity index is 1220. The highest BCUT2D eigenvalue weighted by Gasteiger charge is 2.23. The van der Waals surface area contributed by atoms with Crippen LogP contribution in [0, 0.1) is 11.8 Å². The maximum atomic E-state index is 12.8. The molecule has 2 rings (SSSR count). The summed E-state index contributed by atoms with van der Waals surface area (Å²) < 4.78 is 5.64. The molecule has 2 aromatic carbocycles. The minimum absolute atomic E-state index is 0. The minimum atomic E-state index is -1.64. The predicted molar refractivity (Wildman–Crippen MR) is 211 cm³/mol. The Morgan fingerprint density at radius 1 is 0.745 bits per heavy atom. The molecule has 0 aliphatic rings. The van der Waals surface area contributed by atoms with Gasteiger partial charge in [0.2, 0.25) is 11.8 Å². The molecular weight excluding hydrogens is 652 g/mol. The average Bonchev–Trinajstić information content (AvgIpc) is 3.03. The molecule has 0 heterocycles. The molecule has 0 fully saturated rings. The number of amides is 2. The Kier molecular flexibility index (Phi) is 34.8. The van der Waals surface area contributed by atoms with Crippen molar-refractivity contribution in [3.8, 4) is 0 Å². The minimum Gasteiger partial charge on any atom is -0.476 e. The van der Waals surface area contributed by atoms with Crippen molar-refractivity contribution >= 4 is 35.2 Å². The van der Waals surface area contributed by atoms with Gasteiger partial charge in [-0.15, -0.1) is 0 Å². The van der Waals surface area contributed by atoms with Gasteiger partial charge in [0.1, 0.15) is 0 Å². The maximum Gasteiger partial charge on any atom is 0.364 e. The van der Waals surface area contributed by atoms with Crippen molar-refractivity contribution in [2.75, 3.05) is 38.3 Å². The van der Waals surface area contributed by atoms with E-state index in [4.69, 9.17) is 20.1 Å². The van der Waals surface area contributed by atoms with Crippen LogP contribution in [0.25, 0.3) is 0 Å². The zero-order valence-electron chi connectivity index (χ0n) is 26.0. The van der Waals surface area contributed by atoms with Gasteiger partial charge in [0.05, 0.1) is 25.5 Å². The number of hydrazone groups is 1. The van der Waals surface area contributed by atoms with E-state index in [1.807, 2.05) is 25.1 Å². The number of anilines is 1. The molecule has 0 aliphatic carbocycles. The van der Waals surface area contributed by atoms with E-state index in [1.54, 1.807) is 24.3 Å². The number of aliphatic carboxylic acids is 2. The zero-order chi connectivity index (χ0) is 33.0. The topological polar surface area (TPSA) is 187 Å². The third kappa shape index (κ3) is 21.5. The number of aliphatic hydroxyl groups excluding tert-OH is 1. The summed E-state index contributed by atoms with van der Waals surface area (Å²) in [5.74, 6) is -3.61. The van der Waals surface area contributed by atoms with Gasteiger partial charge >= 0.3 is 11.9 Å². The van der Waals surface area contributed by atoms with Crippen molar-refractivity contribution in [2.45, 2.75) is 103 Å². The highest BCUT2D eigenvalue weighted by molar-refractivity contribution is 6.61. The van der Waals surface area contributed by atoms with Gasteiger partial charge in [-0.2, -0.15) is 5.10 Å². The normalized spacial score (nSPS) is 11.3. The first kappa shape index (κ1) is 56.1. The van der Waals surface area contributed by atoms with E-state index >= 15 is 0 Å². The maximum absolute atomic E-state index is 12.8. The molecule has 2 amide bonds. The summed E-state index contributed by atoms with van der Waals surface area (Å²) in [4.78, 5) is 47.2. The number of carbonyl (C=O) groups is 4. The molecule has 0 bridgehead atoms. The van der Waals surface area contributed by atoms with Crippen LogP contribution in [-0.4, -0.2) is 77.7 Å². The average molecular weight is 723 g/mol. The lowest BCUT2D eigenvalue weighted by molar-refractivity contribution is -0.134. The lowest BCUT2D eigenvalue weighted by Gasteiger charge is -2.22. The number of aliphatic hydroxyl groups is 1. The lowest BCUT2D eigenvalue weighted by Crippen LogP contribution is -2.35. The number of hydrogen-bond donors (Lipinski definition) is 6. The fourth-order valence-corrected chi connectivity index (χ4v) is 4.81. The quantitative estimate of drug-likeness (QED) is 0.0316. The van der Waals surface area contributed by atoms with Crippen LogP contribution in [-0.2, 0) is 30.3 Å². The van der Waals surface area contributed by atoms with Crippen molar-refractivity contribution in [2.24, 2.45) is 16.9 Å². The van der Waals surface area contributed by atoms with Gasteiger partial charge in [-0.3, -0.25) is 15.0 Å². The Balaban J connectivity index is -0.00000118. The fraction of sp³-hybridized carbons (Fsp3) is 0.564. The van der Waals surface area contributed by atoms with Gasteiger partial charge in [-0.1, -0.05) is 101 Å². The molecule has 0 aromatic heterocycles. The summed E-state index contributed by atoms with van der Waals surface area (Å²) in [5, 5.41) is 35.9. The first-order valence-electron chi connectivity index (χ1n) is 15.3. The standard InChI is InChI=1S/C33H46N4O8.6CH4/c1-3-25(26-7-5-4-6-8-26)13-14-27(31(40)34-18-20-38)12-9-23(2)30(39)35-19-22-45-21-17-24-10-15-28(16-11-24)36-37-29(32(41)42)33(43)44;;;;;;/h4-8,10-11,15-16,23,25,27,36,38H,3,9,12-14,17-22H2,1-2H3,(H,34,40)(H,35,39)(H,41,42)(H,43,44);6*1H4. The first-order chi connectivity index (χ1) is 21.7. The van der Waals surface area contributed by atoms with E-state index in [-0.39, 0.29) is 81.4 Å². The van der Waals surface area contributed by atoms with Crippen LogP contribution in [0.5, 0.6) is 0 Å². The van der Waals surface area contributed by atoms with Crippen molar-refractivity contribution in [1.82, 2.24) is 10.6 Å². The number of carbonyl (C=O) groups excluding carboxylic acids is 2. The number of rotatable bonds is 22. The molecule has 0 spiro atoms. The Morgan fingerprint density at radius 3 is 1.86 bits per heavy atom. The highest BCUT2D eigenvalue weighted by Crippen LogP contribution is 2.28. The van der Waals surface area contributed by atoms with Gasteiger partial charge in [0.25, 0.3) is 5.71 Å². The second kappa shape index (κ2) is 31.7. The predicted octanol–water partition coefficient (Wildman–Crippen LogP) is 7.23. The van der Waals surface area contributed by atoms with Gasteiger partial charge in [0, 0.05) is 24.9 Å². The summed E-state index contributed by atoms with van der Waals surface area (Å²) in [6.45, 7) is 5.21. The monoisotopic (exact) mass is 723 g/mol. The Morgan fingerprint density at radius 2 is 1.31 bits per heavy atom. The van der Waals surface area contributed by atoms with Crippen LogP contribution >= 0.6 is 0 Å². The Labute approximate surface area is 308 Å². The number of carboxylic acid groups (broad SMARTS) is 2. The Hall–Kier alpha value is -4.29. The van der Waals surface area contributed by atoms with Crippen LogP contribution in [0.1, 0.15) is 108 Å². The summed E-state index contributed by atoms with van der Waals surface area (Å²) in [7, 11) is 0. The SMILES string of the molecule is C.C.C.C.C.C.CCC(CCC(CCC(C)C(=O)NCCOCCc1ccc(NN=C(C(=O)O)C(=O)O)cc1)C(=O)NCCO)c1ccccc1. The number of ether oxygens (including phenoxy) is 1. The van der Waals surface area contributed by atoms with Crippen LogP contribution < -0.4 is 16.1 Å². The molecule has 51 heavy (non-hydrogen) atoms. The highest BCUT2D eigenvalue weighted by atomic mass is 16.5. The number of carboxylic acids is 2. The van der Waals surface area contributed by atoms with E-state index in [2.05, 4.69) is 40.2 Å². The summed E-state index contributed by atoms with van der Waals surface area (Å²) in [6.07, 6.45) is 4.29. The van der Waals surface area contributed by atoms with E-state index in [0.29, 0.717) is 57.0 Å². The molecule has 0 aliphatic heterocycles. The molecule has 0 saturated carbocycles. The second-order valence-electron chi connectivity index (χ2n) is 10.8. The van der Waals surface area contributed by atoms with Crippen molar-refractivity contribution in [1.29, 1.82) is 0 Å². The largest absolute Gasteiger partial charge is 0.476 e. The van der Waals surface area contributed by atoms with Crippen LogP contribution in [0.4, 0.5) is 5.69 Å². The molecule has 3 atom stereocenters. The van der Waals surface area contributed by atoms with Crippen molar-refractivity contribution in [3.63, 3.8) is 0 Å². The molecule has 0 saturated heterocycles. The van der Waals surface area contributed by atoms with E-state index in [0.717, 1.165) is 18.4 Å². The van der Waals surface area contributed by atoms with E-state index in [9.17, 15) is 19.2 Å². The van der Waals surface area contributed by atoms with Gasteiger partial charge in [-0.25, -0.2) is 9.59 Å². The van der Waals surface area contributed by atoms with Crippen LogP contribution in [0.15, 0.2) is 59.7 Å². The van der Waals surface area contributed by atoms with Gasteiger partial charge in [0.15, 0.2) is 0 Å². The fourth-order valence-electron chi connectivity index (χ4n) is 4.81. The third-order valence-electron chi connectivity index (χ3n) is 7.54. The molecule has 12 heteroatoms. The molecular formula is C39H70N4O8. The number of nitrogens with zero attached hydrogens (tertiary/aromatic N) is 1. The molecule has 0 radical (unpaired) electrons. The molecule has 2 aromatic rings. The summed E-state index contributed by atoms with van der Waals surface area (Å²) >= 11 is 0. The smallest absolute Gasteiger partial charge is 0.364 e. The van der Waals surface area contributed by atoms with Crippen LogP contribution in [0.2, 0.25) is 0 Å². The van der Waals surface area contributed by atoms with E-state index in [1.165, 1.54) is 5.56 Å². The van der Waals surface area contributed by atoms with Crippen molar-refractivity contribution in [3.05, 3.63) is 65.7 Å². The number of hydrogen-bond acceptors (Lipinski definition) is 8. The molecule has 12 nitrogen and oxygen atoms in total. The molecule has 6 N–H and O–H groups in total. The number of nitrogens with one attached hydrogen (secondary N) is 3. The third-order valence-corrected chi connectivity index (χ3v) is 7.54. The van der Waals surface area contributed by atoms with Gasteiger partial charge in [-0.05, 0) is 67.7 Å².